The number of hydrogen-bond acceptors (Lipinski definition) is 4. The highest BCUT2D eigenvalue weighted by atomic mass is 16.3. The van der Waals surface area contributed by atoms with Gasteiger partial charge in [-0.05, 0) is 36.8 Å². The van der Waals surface area contributed by atoms with E-state index in [0.29, 0.717) is 17.8 Å². The van der Waals surface area contributed by atoms with Crippen LogP contribution in [0.4, 0.5) is 0 Å². The van der Waals surface area contributed by atoms with Crippen molar-refractivity contribution < 1.29 is 5.11 Å². The highest BCUT2D eigenvalue weighted by Crippen LogP contribution is 2.47. The third kappa shape index (κ3) is 2.73. The van der Waals surface area contributed by atoms with Gasteiger partial charge in [-0.25, -0.2) is 4.98 Å². The van der Waals surface area contributed by atoms with Crippen molar-refractivity contribution in [2.24, 2.45) is 5.41 Å². The molecule has 0 amide bonds. The number of fused-ring (bicyclic) bond motifs is 1. The molecule has 1 saturated carbocycles. The highest BCUT2D eigenvalue weighted by molar-refractivity contribution is 5.77. The largest absolute Gasteiger partial charge is 0.396 e. The molecule has 106 valence electrons. The summed E-state index contributed by atoms with van der Waals surface area (Å²) >= 11 is 0. The summed E-state index contributed by atoms with van der Waals surface area (Å²) in [6.45, 7) is 1.66. The monoisotopic (exact) mass is 273 g/mol. The molecule has 0 aliphatic heterocycles. The zero-order valence-corrected chi connectivity index (χ0v) is 11.4. The van der Waals surface area contributed by atoms with Gasteiger partial charge in [0.1, 0.15) is 5.82 Å². The number of hydrogen-bond donors (Lipinski definition) is 3. The van der Waals surface area contributed by atoms with E-state index in [1.165, 1.54) is 12.8 Å². The van der Waals surface area contributed by atoms with Crippen molar-refractivity contribution in [3.05, 3.63) is 40.4 Å². The fraction of sp³-hybridized carbons (Fsp3) is 0.467. The molecule has 0 spiro atoms. The Morgan fingerprint density at radius 3 is 2.90 bits per heavy atom. The van der Waals surface area contributed by atoms with Crippen LogP contribution in [-0.2, 0) is 6.54 Å². The normalized spacial score (nSPS) is 16.4. The Bertz CT molecular complexity index is 661. The van der Waals surface area contributed by atoms with Crippen molar-refractivity contribution in [1.29, 1.82) is 0 Å². The molecular weight excluding hydrogens is 254 g/mol. The van der Waals surface area contributed by atoms with E-state index >= 15 is 0 Å². The second kappa shape index (κ2) is 5.34. The van der Waals surface area contributed by atoms with Gasteiger partial charge >= 0.3 is 0 Å². The zero-order chi connectivity index (χ0) is 14.0. The van der Waals surface area contributed by atoms with Crippen LogP contribution in [0.25, 0.3) is 10.9 Å². The molecule has 0 bridgehead atoms. The van der Waals surface area contributed by atoms with Gasteiger partial charge < -0.3 is 15.4 Å². The topological polar surface area (TPSA) is 78.0 Å². The summed E-state index contributed by atoms with van der Waals surface area (Å²) in [5.74, 6) is 0.661. The lowest BCUT2D eigenvalue weighted by molar-refractivity contribution is 0.245. The van der Waals surface area contributed by atoms with Crippen LogP contribution in [0, 0.1) is 5.41 Å². The Kier molecular flexibility index (Phi) is 3.54. The molecule has 0 atom stereocenters. The molecular formula is C15H19N3O2. The van der Waals surface area contributed by atoms with Gasteiger partial charge in [-0.1, -0.05) is 12.1 Å². The number of nitrogens with one attached hydrogen (secondary N) is 2. The minimum atomic E-state index is -0.0936. The molecule has 20 heavy (non-hydrogen) atoms. The number of rotatable bonds is 6. The van der Waals surface area contributed by atoms with E-state index in [0.717, 1.165) is 18.5 Å². The average Bonchev–Trinajstić information content (AvgIpc) is 3.19. The van der Waals surface area contributed by atoms with Crippen LogP contribution in [0.15, 0.2) is 29.1 Å². The summed E-state index contributed by atoms with van der Waals surface area (Å²) < 4.78 is 0. The Hall–Kier alpha value is -1.72. The van der Waals surface area contributed by atoms with Crippen molar-refractivity contribution in [2.75, 3.05) is 13.2 Å². The number of aromatic nitrogens is 2. The minimum absolute atomic E-state index is 0.0936. The molecule has 1 aromatic heterocycles. The predicted molar refractivity (Wildman–Crippen MR) is 77.4 cm³/mol. The standard InChI is InChI=1S/C15H19N3O2/c19-8-7-15(5-6-15)10-16-9-13-17-12-4-2-1-3-11(12)14(20)18-13/h1-4,16,19H,5-10H2,(H,17,18,20). The summed E-state index contributed by atoms with van der Waals surface area (Å²) in [5, 5.41) is 13.0. The number of nitrogens with zero attached hydrogens (tertiary/aromatic N) is 1. The van der Waals surface area contributed by atoms with Crippen molar-refractivity contribution in [2.45, 2.75) is 25.8 Å². The maximum absolute atomic E-state index is 11.9. The molecule has 1 aliphatic carbocycles. The lowest BCUT2D eigenvalue weighted by atomic mass is 10.0. The fourth-order valence-electron chi connectivity index (χ4n) is 2.59. The van der Waals surface area contributed by atoms with Crippen molar-refractivity contribution >= 4 is 10.9 Å². The molecule has 0 saturated heterocycles. The van der Waals surface area contributed by atoms with Gasteiger partial charge in [0.2, 0.25) is 0 Å². The van der Waals surface area contributed by atoms with Gasteiger partial charge in [0.05, 0.1) is 17.4 Å². The first-order valence-corrected chi connectivity index (χ1v) is 7.02. The number of aliphatic hydroxyl groups excluding tert-OH is 1. The van der Waals surface area contributed by atoms with Gasteiger partial charge in [-0.3, -0.25) is 4.79 Å². The highest BCUT2D eigenvalue weighted by Gasteiger charge is 2.41. The lowest BCUT2D eigenvalue weighted by Gasteiger charge is -2.14. The molecule has 0 unspecified atom stereocenters. The number of aromatic amines is 1. The van der Waals surface area contributed by atoms with Crippen LogP contribution in [0.1, 0.15) is 25.1 Å². The number of H-pyrrole nitrogens is 1. The molecule has 5 heteroatoms. The molecule has 3 N–H and O–H groups in total. The summed E-state index contributed by atoms with van der Waals surface area (Å²) in [6.07, 6.45) is 3.19. The summed E-state index contributed by atoms with van der Waals surface area (Å²) in [5.41, 5.74) is 0.903. The van der Waals surface area contributed by atoms with Crippen LogP contribution in [0.3, 0.4) is 0 Å². The van der Waals surface area contributed by atoms with Crippen LogP contribution >= 0.6 is 0 Å². The van der Waals surface area contributed by atoms with Gasteiger partial charge in [-0.2, -0.15) is 0 Å². The van der Waals surface area contributed by atoms with Gasteiger partial charge in [0.25, 0.3) is 5.56 Å². The first kappa shape index (κ1) is 13.3. The van der Waals surface area contributed by atoms with E-state index in [2.05, 4.69) is 15.3 Å². The molecule has 1 aliphatic rings. The van der Waals surface area contributed by atoms with Crippen LogP contribution in [0.2, 0.25) is 0 Å². The second-order valence-electron chi connectivity index (χ2n) is 5.61. The first-order chi connectivity index (χ1) is 9.72. The summed E-state index contributed by atoms with van der Waals surface area (Å²) in [7, 11) is 0. The molecule has 2 aromatic rings. The molecule has 1 aromatic carbocycles. The molecule has 1 fully saturated rings. The minimum Gasteiger partial charge on any atom is -0.396 e. The summed E-state index contributed by atoms with van der Waals surface area (Å²) in [4.78, 5) is 19.2. The van der Waals surface area contributed by atoms with Crippen LogP contribution in [0.5, 0.6) is 0 Å². The van der Waals surface area contributed by atoms with Gasteiger partial charge in [-0.15, -0.1) is 0 Å². The SMILES string of the molecule is O=c1[nH]c(CNCC2(CCO)CC2)nc2ccccc12. The second-order valence-corrected chi connectivity index (χ2v) is 5.61. The lowest BCUT2D eigenvalue weighted by Crippen LogP contribution is -2.26. The number of para-hydroxylation sites is 1. The average molecular weight is 273 g/mol. The first-order valence-electron chi connectivity index (χ1n) is 7.02. The van der Waals surface area contributed by atoms with Crippen LogP contribution < -0.4 is 10.9 Å². The molecule has 5 nitrogen and oxygen atoms in total. The van der Waals surface area contributed by atoms with E-state index in [4.69, 9.17) is 5.11 Å². The van der Waals surface area contributed by atoms with E-state index in [-0.39, 0.29) is 17.6 Å². The van der Waals surface area contributed by atoms with E-state index < -0.39 is 0 Å². The fourth-order valence-corrected chi connectivity index (χ4v) is 2.59. The van der Waals surface area contributed by atoms with E-state index in [1.807, 2.05) is 18.2 Å². The predicted octanol–water partition coefficient (Wildman–Crippen LogP) is 1.18. The number of aliphatic hydroxyl groups is 1. The van der Waals surface area contributed by atoms with Crippen molar-refractivity contribution in [3.8, 4) is 0 Å². The van der Waals surface area contributed by atoms with Crippen molar-refractivity contribution in [1.82, 2.24) is 15.3 Å². The Balaban J connectivity index is 1.67. The molecule has 1 heterocycles. The Labute approximate surface area is 117 Å². The van der Waals surface area contributed by atoms with E-state index in [1.54, 1.807) is 6.07 Å². The smallest absolute Gasteiger partial charge is 0.258 e. The Morgan fingerprint density at radius 1 is 1.35 bits per heavy atom. The molecule has 0 radical (unpaired) electrons. The Morgan fingerprint density at radius 2 is 2.15 bits per heavy atom. The quantitative estimate of drug-likeness (QED) is 0.738. The zero-order valence-electron chi connectivity index (χ0n) is 11.4. The van der Waals surface area contributed by atoms with Gasteiger partial charge in [0, 0.05) is 13.2 Å². The van der Waals surface area contributed by atoms with Gasteiger partial charge in [0.15, 0.2) is 0 Å². The van der Waals surface area contributed by atoms with Crippen molar-refractivity contribution in [3.63, 3.8) is 0 Å². The third-order valence-electron chi connectivity index (χ3n) is 4.05. The maximum atomic E-state index is 11.9. The number of benzene rings is 1. The van der Waals surface area contributed by atoms with Crippen LogP contribution in [-0.4, -0.2) is 28.2 Å². The van der Waals surface area contributed by atoms with E-state index in [9.17, 15) is 4.79 Å². The third-order valence-corrected chi connectivity index (χ3v) is 4.05. The summed E-state index contributed by atoms with van der Waals surface area (Å²) in [6, 6.07) is 7.34. The molecule has 3 rings (SSSR count). The maximum Gasteiger partial charge on any atom is 0.258 e.